The molecule has 0 aliphatic carbocycles. The number of alkyl halides is 1. The molecule has 0 amide bonds. The molecule has 1 N–H and O–H groups in total. The summed E-state index contributed by atoms with van der Waals surface area (Å²) in [6.45, 7) is 1.30. The Hall–Kier alpha value is -0.861. The number of halogens is 1. The SMILES string of the molecule is CC(F)C([Se]c1ccccc1)C(=O)O. The first kappa shape index (κ1) is 11.2. The summed E-state index contributed by atoms with van der Waals surface area (Å²) < 4.78 is 13.9. The number of carbonyl (C=O) groups is 1. The summed E-state index contributed by atoms with van der Waals surface area (Å²) in [7, 11) is 0. The number of benzene rings is 1. The molecule has 1 aromatic carbocycles. The molecule has 0 bridgehead atoms. The molecule has 0 saturated heterocycles. The predicted octanol–water partition coefficient (Wildman–Crippen LogP) is 1.25. The molecule has 0 fully saturated rings. The van der Waals surface area contributed by atoms with Crippen LogP contribution in [-0.4, -0.2) is 32.2 Å². The van der Waals surface area contributed by atoms with Crippen LogP contribution in [0.2, 0.25) is 4.82 Å². The van der Waals surface area contributed by atoms with E-state index < -0.39 is 17.0 Å². The number of aliphatic carboxylic acids is 1. The van der Waals surface area contributed by atoms with E-state index in [1.807, 2.05) is 30.3 Å². The van der Waals surface area contributed by atoms with Gasteiger partial charge in [-0.3, -0.25) is 0 Å². The minimum absolute atomic E-state index is 0.346. The van der Waals surface area contributed by atoms with Gasteiger partial charge in [0.25, 0.3) is 0 Å². The quantitative estimate of drug-likeness (QED) is 0.828. The van der Waals surface area contributed by atoms with Gasteiger partial charge in [0.15, 0.2) is 0 Å². The second-order valence-corrected chi connectivity index (χ2v) is 5.42. The molecule has 0 spiro atoms. The van der Waals surface area contributed by atoms with E-state index in [1.165, 1.54) is 6.92 Å². The predicted molar refractivity (Wildman–Crippen MR) is 53.8 cm³/mol. The molecule has 2 nitrogen and oxygen atoms in total. The Bertz CT molecular complexity index is 300. The van der Waals surface area contributed by atoms with Crippen LogP contribution >= 0.6 is 0 Å². The van der Waals surface area contributed by atoms with E-state index in [2.05, 4.69) is 0 Å². The Labute approximate surface area is 88.3 Å². The summed E-state index contributed by atoms with van der Waals surface area (Å²) in [4.78, 5) is 9.84. The molecular formula is C10H11FO2Se. The number of rotatable bonds is 4. The fourth-order valence-electron chi connectivity index (χ4n) is 0.986. The van der Waals surface area contributed by atoms with Crippen molar-refractivity contribution in [1.82, 2.24) is 0 Å². The standard InChI is InChI=1S/C10H11FO2Se/c1-7(11)9(10(12)13)14-8-5-3-2-4-6-8/h2-7,9H,1H3,(H,12,13). The van der Waals surface area contributed by atoms with E-state index in [9.17, 15) is 9.18 Å². The summed E-state index contributed by atoms with van der Waals surface area (Å²) in [6, 6.07) is 9.18. The first-order valence-corrected chi connectivity index (χ1v) is 6.04. The van der Waals surface area contributed by atoms with Gasteiger partial charge < -0.3 is 0 Å². The first-order chi connectivity index (χ1) is 6.61. The second kappa shape index (κ2) is 5.13. The third-order valence-corrected chi connectivity index (χ3v) is 4.55. The summed E-state index contributed by atoms with van der Waals surface area (Å²) >= 11 is -0.346. The maximum atomic E-state index is 12.9. The molecule has 4 heteroatoms. The van der Waals surface area contributed by atoms with Gasteiger partial charge in [-0.15, -0.1) is 0 Å². The molecule has 0 radical (unpaired) electrons. The fourth-order valence-corrected chi connectivity index (χ4v) is 2.87. The third-order valence-electron chi connectivity index (χ3n) is 1.67. The van der Waals surface area contributed by atoms with Crippen molar-refractivity contribution in [3.05, 3.63) is 30.3 Å². The zero-order valence-corrected chi connectivity index (χ0v) is 9.40. The number of hydrogen-bond donors (Lipinski definition) is 1. The van der Waals surface area contributed by atoms with Crippen molar-refractivity contribution >= 4 is 25.4 Å². The van der Waals surface area contributed by atoms with Gasteiger partial charge in [0.1, 0.15) is 0 Å². The molecule has 1 aromatic rings. The van der Waals surface area contributed by atoms with E-state index >= 15 is 0 Å². The van der Waals surface area contributed by atoms with Crippen molar-refractivity contribution in [2.24, 2.45) is 0 Å². The van der Waals surface area contributed by atoms with Crippen LogP contribution in [0.5, 0.6) is 0 Å². The van der Waals surface area contributed by atoms with E-state index in [0.29, 0.717) is 0 Å². The Morgan fingerprint density at radius 3 is 2.43 bits per heavy atom. The van der Waals surface area contributed by atoms with Gasteiger partial charge in [-0.1, -0.05) is 0 Å². The van der Waals surface area contributed by atoms with Gasteiger partial charge in [-0.25, -0.2) is 0 Å². The zero-order valence-electron chi connectivity index (χ0n) is 7.68. The molecular weight excluding hydrogens is 250 g/mol. The summed E-state index contributed by atoms with van der Waals surface area (Å²) in [5.74, 6) is -1.05. The van der Waals surface area contributed by atoms with Crippen molar-refractivity contribution in [3.63, 3.8) is 0 Å². The van der Waals surface area contributed by atoms with E-state index in [-0.39, 0.29) is 15.0 Å². The molecule has 0 saturated carbocycles. The molecule has 0 aromatic heterocycles. The van der Waals surface area contributed by atoms with Crippen LogP contribution < -0.4 is 4.46 Å². The Balaban J connectivity index is 2.70. The van der Waals surface area contributed by atoms with Crippen LogP contribution in [0.15, 0.2) is 30.3 Å². The van der Waals surface area contributed by atoms with Crippen LogP contribution in [0.1, 0.15) is 6.92 Å². The van der Waals surface area contributed by atoms with Gasteiger partial charge in [-0.2, -0.15) is 0 Å². The molecule has 2 atom stereocenters. The molecule has 76 valence electrons. The topological polar surface area (TPSA) is 37.3 Å². The summed E-state index contributed by atoms with van der Waals surface area (Å²) in [6.07, 6.45) is -1.30. The summed E-state index contributed by atoms with van der Waals surface area (Å²) in [5.41, 5.74) is 0. The molecule has 0 aliphatic heterocycles. The number of hydrogen-bond acceptors (Lipinski definition) is 1. The molecule has 2 unspecified atom stereocenters. The van der Waals surface area contributed by atoms with Gasteiger partial charge in [0.2, 0.25) is 0 Å². The monoisotopic (exact) mass is 262 g/mol. The maximum absolute atomic E-state index is 12.9. The van der Waals surface area contributed by atoms with Crippen LogP contribution in [0.25, 0.3) is 0 Å². The molecule has 0 heterocycles. The van der Waals surface area contributed by atoms with E-state index in [0.717, 1.165) is 4.46 Å². The molecule has 14 heavy (non-hydrogen) atoms. The second-order valence-electron chi connectivity index (χ2n) is 2.87. The number of carboxylic acid groups (broad SMARTS) is 1. The van der Waals surface area contributed by atoms with Crippen LogP contribution in [0, 0.1) is 0 Å². The normalized spacial score (nSPS) is 14.7. The molecule has 1 rings (SSSR count). The average Bonchev–Trinajstić information content (AvgIpc) is 2.15. The van der Waals surface area contributed by atoms with Gasteiger partial charge >= 0.3 is 87.9 Å². The van der Waals surface area contributed by atoms with Crippen molar-refractivity contribution in [2.75, 3.05) is 0 Å². The van der Waals surface area contributed by atoms with E-state index in [1.54, 1.807) is 0 Å². The Morgan fingerprint density at radius 1 is 1.43 bits per heavy atom. The fraction of sp³-hybridized carbons (Fsp3) is 0.300. The number of carboxylic acids is 1. The van der Waals surface area contributed by atoms with Gasteiger partial charge in [0.05, 0.1) is 0 Å². The van der Waals surface area contributed by atoms with Gasteiger partial charge in [0, 0.05) is 0 Å². The Kier molecular flexibility index (Phi) is 4.11. The Morgan fingerprint density at radius 2 is 2.00 bits per heavy atom. The summed E-state index contributed by atoms with van der Waals surface area (Å²) in [5, 5.41) is 8.78. The zero-order chi connectivity index (χ0) is 10.6. The molecule has 0 aliphatic rings. The first-order valence-electron chi connectivity index (χ1n) is 4.20. The van der Waals surface area contributed by atoms with Crippen molar-refractivity contribution in [3.8, 4) is 0 Å². The van der Waals surface area contributed by atoms with Gasteiger partial charge in [-0.05, 0) is 0 Å². The van der Waals surface area contributed by atoms with Crippen LogP contribution in [-0.2, 0) is 4.79 Å². The van der Waals surface area contributed by atoms with Crippen LogP contribution in [0.4, 0.5) is 4.39 Å². The average molecular weight is 261 g/mol. The van der Waals surface area contributed by atoms with Crippen LogP contribution in [0.3, 0.4) is 0 Å². The minimum atomic E-state index is -1.30. The van der Waals surface area contributed by atoms with E-state index in [4.69, 9.17) is 5.11 Å². The van der Waals surface area contributed by atoms with Crippen molar-refractivity contribution in [2.45, 2.75) is 17.9 Å². The third kappa shape index (κ3) is 3.13. The van der Waals surface area contributed by atoms with Crippen molar-refractivity contribution in [1.29, 1.82) is 0 Å². The van der Waals surface area contributed by atoms with Crippen molar-refractivity contribution < 1.29 is 14.3 Å².